The second-order valence-electron chi connectivity index (χ2n) is 7.25. The van der Waals surface area contributed by atoms with Crippen LogP contribution in [0.15, 0.2) is 53.4 Å². The maximum Gasteiger partial charge on any atom is 0.346 e. The van der Waals surface area contributed by atoms with Gasteiger partial charge in [-0.05, 0) is 50.6 Å². The number of nitrogens with zero attached hydrogens (tertiary/aromatic N) is 1. The number of urea groups is 1. The Morgan fingerprint density at radius 1 is 1.00 bits per heavy atom. The topological polar surface area (TPSA) is 119 Å². The lowest BCUT2D eigenvalue weighted by Crippen LogP contribution is -2.60. The van der Waals surface area contributed by atoms with E-state index in [4.69, 9.17) is 21.1 Å². The highest BCUT2D eigenvalue weighted by atomic mass is 35.5. The van der Waals surface area contributed by atoms with Gasteiger partial charge in [-0.25, -0.2) is 27.1 Å². The van der Waals surface area contributed by atoms with Gasteiger partial charge < -0.3 is 14.8 Å². The predicted octanol–water partition coefficient (Wildman–Crippen LogP) is 2.97. The number of halogens is 1. The molecule has 2 amide bonds. The molecule has 0 aliphatic carbocycles. The van der Waals surface area contributed by atoms with E-state index in [1.165, 1.54) is 50.2 Å². The molecule has 9 nitrogen and oxygen atoms in total. The van der Waals surface area contributed by atoms with Crippen LogP contribution in [0.5, 0.6) is 0 Å². The van der Waals surface area contributed by atoms with Gasteiger partial charge in [0.05, 0.1) is 18.1 Å². The van der Waals surface area contributed by atoms with E-state index in [-0.39, 0.29) is 23.7 Å². The van der Waals surface area contributed by atoms with Crippen LogP contribution in [0.4, 0.5) is 4.79 Å². The maximum atomic E-state index is 13.6. The molecule has 1 aliphatic rings. The molecule has 2 aromatic carbocycles. The van der Waals surface area contributed by atoms with E-state index in [2.05, 4.69) is 5.32 Å². The zero-order chi connectivity index (χ0) is 24.4. The molecule has 3 rings (SSSR count). The van der Waals surface area contributed by atoms with Crippen molar-refractivity contribution >= 4 is 39.6 Å². The maximum absolute atomic E-state index is 13.6. The number of sulfonamides is 1. The van der Waals surface area contributed by atoms with Crippen molar-refractivity contribution in [1.82, 2.24) is 9.62 Å². The number of carbonyl (C=O) groups excluding carboxylic acids is 3. The van der Waals surface area contributed by atoms with Gasteiger partial charge >= 0.3 is 18.0 Å². The van der Waals surface area contributed by atoms with Crippen molar-refractivity contribution < 1.29 is 32.3 Å². The van der Waals surface area contributed by atoms with Crippen LogP contribution in [0.25, 0.3) is 0 Å². The van der Waals surface area contributed by atoms with Gasteiger partial charge in [0.25, 0.3) is 15.6 Å². The fourth-order valence-electron chi connectivity index (χ4n) is 3.59. The second-order valence-corrected chi connectivity index (χ2v) is 9.50. The largest absolute Gasteiger partial charge is 0.464 e. The minimum atomic E-state index is -4.51. The lowest BCUT2D eigenvalue weighted by Gasteiger charge is -2.32. The Balaban J connectivity index is 2.29. The summed E-state index contributed by atoms with van der Waals surface area (Å²) >= 11 is 5.98. The second kappa shape index (κ2) is 9.40. The minimum absolute atomic E-state index is 0.117. The van der Waals surface area contributed by atoms with Gasteiger partial charge in [-0.2, -0.15) is 0 Å². The smallest absolute Gasteiger partial charge is 0.346 e. The quantitative estimate of drug-likeness (QED) is 0.464. The average molecular weight is 495 g/mol. The number of aryl methyl sites for hydroxylation is 1. The minimum Gasteiger partial charge on any atom is -0.464 e. The van der Waals surface area contributed by atoms with Crippen molar-refractivity contribution in [3.8, 4) is 0 Å². The summed E-state index contributed by atoms with van der Waals surface area (Å²) in [5.41, 5.74) is -1.50. The number of hydrogen-bond acceptors (Lipinski definition) is 7. The fourth-order valence-corrected chi connectivity index (χ4v) is 5.24. The number of amides is 2. The van der Waals surface area contributed by atoms with Gasteiger partial charge in [-0.3, -0.25) is 0 Å². The summed E-state index contributed by atoms with van der Waals surface area (Å²) < 4.78 is 37.9. The summed E-state index contributed by atoms with van der Waals surface area (Å²) in [6, 6.07) is 8.79. The lowest BCUT2D eigenvalue weighted by molar-refractivity contribution is -0.166. The van der Waals surface area contributed by atoms with Crippen molar-refractivity contribution in [2.45, 2.75) is 37.2 Å². The Kier molecular flexibility index (Phi) is 6.99. The van der Waals surface area contributed by atoms with Crippen molar-refractivity contribution in [1.29, 1.82) is 0 Å². The summed E-state index contributed by atoms with van der Waals surface area (Å²) in [6.45, 7) is 4.58. The first-order chi connectivity index (χ1) is 15.6. The summed E-state index contributed by atoms with van der Waals surface area (Å²) in [4.78, 5) is 39.2. The van der Waals surface area contributed by atoms with E-state index >= 15 is 0 Å². The Labute approximate surface area is 196 Å². The van der Waals surface area contributed by atoms with Crippen LogP contribution in [0.1, 0.15) is 31.0 Å². The summed E-state index contributed by atoms with van der Waals surface area (Å²) in [6.07, 6.45) is 0. The third-order valence-electron chi connectivity index (χ3n) is 5.11. The summed E-state index contributed by atoms with van der Waals surface area (Å²) in [5, 5.41) is 2.60. The molecule has 2 aromatic rings. The molecule has 1 saturated heterocycles. The van der Waals surface area contributed by atoms with Gasteiger partial charge in [-0.15, -0.1) is 0 Å². The zero-order valence-corrected chi connectivity index (χ0v) is 19.8. The van der Waals surface area contributed by atoms with Gasteiger partial charge in [0.2, 0.25) is 0 Å². The molecule has 0 spiro atoms. The van der Waals surface area contributed by atoms with Gasteiger partial charge in [0.1, 0.15) is 6.04 Å². The molecule has 1 atom stereocenters. The van der Waals surface area contributed by atoms with Crippen LogP contribution in [-0.2, 0) is 29.1 Å². The molecular formula is C22H23ClN2O7S. The van der Waals surface area contributed by atoms with Crippen LogP contribution >= 0.6 is 11.6 Å². The van der Waals surface area contributed by atoms with Crippen LogP contribution in [0.2, 0.25) is 5.02 Å². The first-order valence-corrected chi connectivity index (χ1v) is 11.9. The number of benzene rings is 2. The molecule has 1 N–H and O–H groups in total. The third kappa shape index (κ3) is 4.28. The van der Waals surface area contributed by atoms with Gasteiger partial charge in [-0.1, -0.05) is 41.4 Å². The molecule has 0 aromatic heterocycles. The molecule has 1 heterocycles. The first-order valence-electron chi connectivity index (χ1n) is 10.1. The zero-order valence-electron chi connectivity index (χ0n) is 18.2. The number of ether oxygens (including phenoxy) is 2. The first kappa shape index (κ1) is 24.5. The van der Waals surface area contributed by atoms with E-state index in [0.717, 1.165) is 5.56 Å². The standard InChI is InChI=1S/C22H23ClN2O7S/c1-4-31-19(26)22(20(27)32-5-2)18(15-8-10-16(23)11-9-15)25(21(28)24-22)33(29,30)17-12-6-14(3)7-13-17/h6-13,18H,4-5H2,1-3H3,(H,24,28)/t18-/m1/s1. The molecule has 11 heteroatoms. The highest BCUT2D eigenvalue weighted by molar-refractivity contribution is 7.89. The molecule has 1 aliphatic heterocycles. The number of nitrogens with one attached hydrogen (secondary N) is 1. The number of rotatable bonds is 7. The molecule has 0 unspecified atom stereocenters. The highest BCUT2D eigenvalue weighted by Gasteiger charge is 2.67. The summed E-state index contributed by atoms with van der Waals surface area (Å²) in [5.74, 6) is -2.28. The van der Waals surface area contributed by atoms with Crippen LogP contribution < -0.4 is 5.32 Å². The van der Waals surface area contributed by atoms with E-state index in [9.17, 15) is 22.8 Å². The molecule has 1 fully saturated rings. The molecule has 33 heavy (non-hydrogen) atoms. The molecular weight excluding hydrogens is 472 g/mol. The average Bonchev–Trinajstić information content (AvgIpc) is 3.10. The van der Waals surface area contributed by atoms with Crippen LogP contribution in [0.3, 0.4) is 0 Å². The molecule has 0 bridgehead atoms. The summed E-state index contributed by atoms with van der Waals surface area (Å²) in [7, 11) is -4.51. The van der Waals surface area contributed by atoms with E-state index in [0.29, 0.717) is 9.33 Å². The van der Waals surface area contributed by atoms with Crippen LogP contribution in [-0.4, -0.2) is 49.4 Å². The highest BCUT2D eigenvalue weighted by Crippen LogP contribution is 2.43. The van der Waals surface area contributed by atoms with Crippen LogP contribution in [0, 0.1) is 6.92 Å². The SMILES string of the molecule is CCOC(=O)C1(C(=O)OCC)NC(=O)N(S(=O)(=O)c2ccc(C)cc2)[C@@H]1c1ccc(Cl)cc1. The Bertz CT molecular complexity index is 1150. The Morgan fingerprint density at radius 3 is 2.00 bits per heavy atom. The molecule has 0 saturated carbocycles. The molecule has 0 radical (unpaired) electrons. The number of esters is 2. The van der Waals surface area contributed by atoms with E-state index in [1.54, 1.807) is 19.1 Å². The van der Waals surface area contributed by atoms with Crippen molar-refractivity contribution in [3.63, 3.8) is 0 Å². The normalized spacial score (nSPS) is 17.4. The fraction of sp³-hybridized carbons (Fsp3) is 0.318. The number of carbonyl (C=O) groups is 3. The monoisotopic (exact) mass is 494 g/mol. The Hall–Kier alpha value is -3.11. The lowest BCUT2D eigenvalue weighted by atomic mass is 9.86. The number of hydrogen-bond donors (Lipinski definition) is 1. The van der Waals surface area contributed by atoms with E-state index < -0.39 is 39.6 Å². The van der Waals surface area contributed by atoms with Crippen molar-refractivity contribution in [2.75, 3.05) is 13.2 Å². The van der Waals surface area contributed by atoms with Gasteiger partial charge in [0.15, 0.2) is 0 Å². The predicted molar refractivity (Wildman–Crippen MR) is 119 cm³/mol. The molecule has 176 valence electrons. The van der Waals surface area contributed by atoms with E-state index in [1.807, 2.05) is 0 Å². The third-order valence-corrected chi connectivity index (χ3v) is 7.12. The van der Waals surface area contributed by atoms with Crippen molar-refractivity contribution in [2.24, 2.45) is 0 Å². The Morgan fingerprint density at radius 2 is 1.52 bits per heavy atom. The van der Waals surface area contributed by atoms with Gasteiger partial charge in [0, 0.05) is 5.02 Å². The van der Waals surface area contributed by atoms with Crippen molar-refractivity contribution in [3.05, 3.63) is 64.7 Å².